The number of fused-ring (bicyclic) bond motifs is 1. The van der Waals surface area contributed by atoms with E-state index in [1.165, 1.54) is 11.3 Å². The van der Waals surface area contributed by atoms with Crippen molar-refractivity contribution < 1.29 is 9.84 Å². The number of para-hydroxylation sites is 2. The van der Waals surface area contributed by atoms with Crippen LogP contribution in [-0.2, 0) is 0 Å². The highest BCUT2D eigenvalue weighted by molar-refractivity contribution is 7.22. The summed E-state index contributed by atoms with van der Waals surface area (Å²) in [5.74, 6) is 7.50. The highest BCUT2D eigenvalue weighted by Crippen LogP contribution is 2.31. The minimum absolute atomic E-state index is 0.0974. The molecule has 0 saturated heterocycles. The average Bonchev–Trinajstić information content (AvgIpc) is 2.98. The van der Waals surface area contributed by atoms with Gasteiger partial charge in [0.15, 0.2) is 5.13 Å². The summed E-state index contributed by atoms with van der Waals surface area (Å²) in [6.45, 7) is 5.36. The molecule has 26 heavy (non-hydrogen) atoms. The number of hydrogen-bond acceptors (Lipinski definition) is 6. The molecule has 3 aromatic rings. The molecule has 0 spiro atoms. The van der Waals surface area contributed by atoms with E-state index in [0.717, 1.165) is 21.7 Å². The van der Waals surface area contributed by atoms with E-state index < -0.39 is 0 Å². The van der Waals surface area contributed by atoms with Gasteiger partial charge in [-0.3, -0.25) is 0 Å². The Balaban J connectivity index is 1.68. The zero-order chi connectivity index (χ0) is 18.5. The van der Waals surface area contributed by atoms with E-state index in [-0.39, 0.29) is 5.75 Å². The van der Waals surface area contributed by atoms with Crippen LogP contribution in [0.4, 0.5) is 10.8 Å². The molecule has 0 aliphatic rings. The second-order valence-corrected chi connectivity index (χ2v) is 7.31. The number of aromatic nitrogens is 1. The molecule has 0 aliphatic carbocycles. The maximum Gasteiger partial charge on any atom is 0.181 e. The van der Waals surface area contributed by atoms with Crippen molar-refractivity contribution in [1.82, 2.24) is 4.98 Å². The molecule has 0 bridgehead atoms. The van der Waals surface area contributed by atoms with E-state index in [9.17, 15) is 5.11 Å². The monoisotopic (exact) mass is 367 g/mol. The van der Waals surface area contributed by atoms with Crippen molar-refractivity contribution in [3.63, 3.8) is 0 Å². The van der Waals surface area contributed by atoms with Gasteiger partial charge in [0, 0.05) is 5.56 Å². The summed E-state index contributed by atoms with van der Waals surface area (Å²) >= 11 is 1.33. The summed E-state index contributed by atoms with van der Waals surface area (Å²) in [5, 5.41) is 13.7. The van der Waals surface area contributed by atoms with Crippen molar-refractivity contribution in [1.29, 1.82) is 0 Å². The Hall–Kier alpha value is -2.91. The predicted molar refractivity (Wildman–Crippen MR) is 108 cm³/mol. The second kappa shape index (κ2) is 7.98. The SMILES string of the molecule is CC(C)COc1ccccc1NCC#Cc1cc(O)c2nc(N)sc2c1. The molecule has 0 unspecified atom stereocenters. The molecule has 1 heterocycles. The number of nitrogen functional groups attached to an aromatic ring is 1. The normalized spacial score (nSPS) is 10.6. The van der Waals surface area contributed by atoms with Crippen molar-refractivity contribution in [3.8, 4) is 23.3 Å². The van der Waals surface area contributed by atoms with Crippen LogP contribution in [0.3, 0.4) is 0 Å². The first-order chi connectivity index (χ1) is 12.5. The molecular weight excluding hydrogens is 346 g/mol. The maximum atomic E-state index is 10.0. The lowest BCUT2D eigenvalue weighted by Crippen LogP contribution is -2.07. The zero-order valence-corrected chi connectivity index (χ0v) is 15.6. The number of thiazole rings is 1. The number of nitrogens with one attached hydrogen (secondary N) is 1. The van der Waals surface area contributed by atoms with E-state index >= 15 is 0 Å². The Morgan fingerprint density at radius 3 is 2.92 bits per heavy atom. The number of hydrogen-bond donors (Lipinski definition) is 3. The first kappa shape index (κ1) is 17.9. The van der Waals surface area contributed by atoms with Gasteiger partial charge >= 0.3 is 0 Å². The van der Waals surface area contributed by atoms with E-state index in [1.54, 1.807) is 6.07 Å². The number of aromatic hydroxyl groups is 1. The quantitative estimate of drug-likeness (QED) is 0.592. The number of nitrogens with two attached hydrogens (primary N) is 1. The number of phenolic OH excluding ortho intramolecular Hbond substituents is 1. The highest BCUT2D eigenvalue weighted by Gasteiger charge is 2.07. The van der Waals surface area contributed by atoms with Crippen molar-refractivity contribution >= 4 is 32.4 Å². The Kier molecular flexibility index (Phi) is 5.49. The van der Waals surface area contributed by atoms with Gasteiger partial charge in [0.05, 0.1) is 23.5 Å². The topological polar surface area (TPSA) is 80.4 Å². The summed E-state index contributed by atoms with van der Waals surface area (Å²) in [4.78, 5) is 4.10. The van der Waals surface area contributed by atoms with Gasteiger partial charge in [-0.15, -0.1) is 0 Å². The lowest BCUT2D eigenvalue weighted by atomic mass is 10.2. The Morgan fingerprint density at radius 2 is 2.12 bits per heavy atom. The molecule has 134 valence electrons. The summed E-state index contributed by atoms with van der Waals surface area (Å²) in [7, 11) is 0. The number of rotatable bonds is 5. The largest absolute Gasteiger partial charge is 0.506 e. The third-order valence-corrected chi connectivity index (χ3v) is 4.38. The number of anilines is 2. The Bertz CT molecular complexity index is 970. The van der Waals surface area contributed by atoms with Crippen LogP contribution in [0, 0.1) is 17.8 Å². The first-order valence-electron chi connectivity index (χ1n) is 8.36. The molecule has 4 N–H and O–H groups in total. The highest BCUT2D eigenvalue weighted by atomic mass is 32.1. The van der Waals surface area contributed by atoms with Gasteiger partial charge in [-0.2, -0.15) is 0 Å². The number of phenols is 1. The van der Waals surface area contributed by atoms with Gasteiger partial charge in [0.1, 0.15) is 17.0 Å². The van der Waals surface area contributed by atoms with Crippen LogP contribution in [0.1, 0.15) is 19.4 Å². The number of ether oxygens (including phenoxy) is 1. The van der Waals surface area contributed by atoms with Crippen LogP contribution in [0.25, 0.3) is 10.2 Å². The van der Waals surface area contributed by atoms with Crippen molar-refractivity contribution in [2.45, 2.75) is 13.8 Å². The number of benzene rings is 2. The van der Waals surface area contributed by atoms with Crippen molar-refractivity contribution in [3.05, 3.63) is 42.0 Å². The van der Waals surface area contributed by atoms with Gasteiger partial charge in [-0.25, -0.2) is 4.98 Å². The average molecular weight is 367 g/mol. The predicted octanol–water partition coefficient (Wildman–Crippen LogP) is 4.08. The summed E-state index contributed by atoms with van der Waals surface area (Å²) in [5.41, 5.74) is 7.85. The van der Waals surface area contributed by atoms with Crippen molar-refractivity contribution in [2.75, 3.05) is 24.2 Å². The Labute approximate surface area is 156 Å². The van der Waals surface area contributed by atoms with Crippen LogP contribution in [0.5, 0.6) is 11.5 Å². The minimum atomic E-state index is 0.0974. The van der Waals surface area contributed by atoms with Crippen LogP contribution in [0.15, 0.2) is 36.4 Å². The van der Waals surface area contributed by atoms with E-state index in [0.29, 0.717) is 29.7 Å². The molecule has 0 fully saturated rings. The molecule has 0 amide bonds. The first-order valence-corrected chi connectivity index (χ1v) is 9.18. The molecule has 2 aromatic carbocycles. The fraction of sp³-hybridized carbons (Fsp3) is 0.250. The lowest BCUT2D eigenvalue weighted by molar-refractivity contribution is 0.272. The van der Waals surface area contributed by atoms with Gasteiger partial charge < -0.3 is 20.9 Å². The third kappa shape index (κ3) is 4.38. The molecule has 0 aliphatic heterocycles. The maximum absolute atomic E-state index is 10.0. The van der Waals surface area contributed by atoms with Gasteiger partial charge in [-0.1, -0.05) is 49.2 Å². The van der Waals surface area contributed by atoms with E-state index in [2.05, 4.69) is 36.0 Å². The molecule has 0 atom stereocenters. The van der Waals surface area contributed by atoms with Gasteiger partial charge in [0.2, 0.25) is 0 Å². The molecular formula is C20H21N3O2S. The van der Waals surface area contributed by atoms with E-state index in [1.807, 2.05) is 30.3 Å². The third-order valence-electron chi connectivity index (χ3n) is 3.55. The minimum Gasteiger partial charge on any atom is -0.506 e. The molecule has 0 saturated carbocycles. The fourth-order valence-electron chi connectivity index (χ4n) is 2.38. The molecule has 6 heteroatoms. The zero-order valence-electron chi connectivity index (χ0n) is 14.7. The molecule has 1 aromatic heterocycles. The molecule has 0 radical (unpaired) electrons. The van der Waals surface area contributed by atoms with Gasteiger partial charge in [0.25, 0.3) is 0 Å². The second-order valence-electron chi connectivity index (χ2n) is 6.25. The summed E-state index contributed by atoms with van der Waals surface area (Å²) < 4.78 is 6.65. The van der Waals surface area contributed by atoms with Crippen LogP contribution >= 0.6 is 11.3 Å². The smallest absolute Gasteiger partial charge is 0.181 e. The lowest BCUT2D eigenvalue weighted by Gasteiger charge is -2.13. The summed E-state index contributed by atoms with van der Waals surface area (Å²) in [6.07, 6.45) is 0. The number of nitrogens with zero attached hydrogens (tertiary/aromatic N) is 1. The van der Waals surface area contributed by atoms with E-state index in [4.69, 9.17) is 10.5 Å². The van der Waals surface area contributed by atoms with Crippen LogP contribution < -0.4 is 15.8 Å². The van der Waals surface area contributed by atoms with Crippen molar-refractivity contribution in [2.24, 2.45) is 5.92 Å². The van der Waals surface area contributed by atoms with Gasteiger partial charge in [-0.05, 0) is 30.2 Å². The standard InChI is InChI=1S/C20H21N3O2S/c1-13(2)12-25-17-8-4-3-7-15(17)22-9-5-6-14-10-16(24)19-18(11-14)26-20(21)23-19/h3-4,7-8,10-11,13,22,24H,9,12H2,1-2H3,(H2,21,23). The van der Waals surface area contributed by atoms with Crippen LogP contribution in [0.2, 0.25) is 0 Å². The fourth-order valence-corrected chi connectivity index (χ4v) is 3.18. The molecule has 3 rings (SSSR count). The Morgan fingerprint density at radius 1 is 1.31 bits per heavy atom. The summed E-state index contributed by atoms with van der Waals surface area (Å²) in [6, 6.07) is 11.3. The molecule has 5 nitrogen and oxygen atoms in total. The van der Waals surface area contributed by atoms with Crippen LogP contribution in [-0.4, -0.2) is 23.2 Å².